The van der Waals surface area contributed by atoms with E-state index in [4.69, 9.17) is 0 Å². The Hall–Kier alpha value is -0.0400. The summed E-state index contributed by atoms with van der Waals surface area (Å²) in [5.41, 5.74) is -0.209. The average molecular weight is 168 g/mol. The van der Waals surface area contributed by atoms with Crippen LogP contribution < -0.4 is 0 Å². The van der Waals surface area contributed by atoms with Crippen molar-refractivity contribution in [2.24, 2.45) is 23.7 Å². The fourth-order valence-corrected chi connectivity index (χ4v) is 2.80. The van der Waals surface area contributed by atoms with Crippen molar-refractivity contribution in [1.82, 2.24) is 0 Å². The van der Waals surface area contributed by atoms with Crippen LogP contribution in [0.4, 0.5) is 0 Å². The van der Waals surface area contributed by atoms with Crippen molar-refractivity contribution in [2.75, 3.05) is 0 Å². The Bertz CT molecular complexity index is 181. The van der Waals surface area contributed by atoms with E-state index in [1.807, 2.05) is 0 Å². The van der Waals surface area contributed by atoms with Crippen LogP contribution in [0.15, 0.2) is 0 Å². The molecule has 1 heteroatoms. The Morgan fingerprint density at radius 3 is 2.42 bits per heavy atom. The predicted octanol–water partition coefficient (Wildman–Crippen LogP) is 2.44. The lowest BCUT2D eigenvalue weighted by Gasteiger charge is -2.07. The normalized spacial score (nSPS) is 43.2. The lowest BCUT2D eigenvalue weighted by atomic mass is 10.0. The third-order valence-corrected chi connectivity index (χ3v) is 3.69. The maximum atomic E-state index is 9.92. The molecule has 0 bridgehead atoms. The van der Waals surface area contributed by atoms with Crippen molar-refractivity contribution >= 4 is 0 Å². The van der Waals surface area contributed by atoms with E-state index in [0.717, 1.165) is 30.6 Å². The summed E-state index contributed by atoms with van der Waals surface area (Å²) >= 11 is 0. The minimum absolute atomic E-state index is 0.209. The molecule has 0 heterocycles. The van der Waals surface area contributed by atoms with Crippen molar-refractivity contribution in [3.63, 3.8) is 0 Å². The summed E-state index contributed by atoms with van der Waals surface area (Å²) in [4.78, 5) is 0. The Labute approximate surface area is 75.2 Å². The van der Waals surface area contributed by atoms with E-state index in [-0.39, 0.29) is 5.60 Å². The van der Waals surface area contributed by atoms with Crippen LogP contribution in [-0.2, 0) is 0 Å². The summed E-state index contributed by atoms with van der Waals surface area (Å²) in [6.45, 7) is 6.85. The molecule has 1 N–H and O–H groups in total. The van der Waals surface area contributed by atoms with Gasteiger partial charge in [-0.05, 0) is 42.9 Å². The SMILES string of the molecule is CC(C)CC1C(C)C1C1(O)CC1. The Morgan fingerprint density at radius 1 is 1.42 bits per heavy atom. The predicted molar refractivity (Wildman–Crippen MR) is 49.8 cm³/mol. The van der Waals surface area contributed by atoms with Crippen LogP contribution in [0.2, 0.25) is 0 Å². The van der Waals surface area contributed by atoms with Gasteiger partial charge in [0.25, 0.3) is 0 Å². The van der Waals surface area contributed by atoms with Gasteiger partial charge >= 0.3 is 0 Å². The fourth-order valence-electron chi connectivity index (χ4n) is 2.80. The average Bonchev–Trinajstić information content (AvgIpc) is 2.77. The molecule has 0 aromatic heterocycles. The summed E-state index contributed by atoms with van der Waals surface area (Å²) in [5, 5.41) is 9.92. The van der Waals surface area contributed by atoms with Gasteiger partial charge in [0.1, 0.15) is 0 Å². The van der Waals surface area contributed by atoms with Crippen molar-refractivity contribution in [3.05, 3.63) is 0 Å². The molecule has 0 spiro atoms. The van der Waals surface area contributed by atoms with Gasteiger partial charge in [-0.1, -0.05) is 20.8 Å². The molecule has 2 rings (SSSR count). The minimum atomic E-state index is -0.209. The molecule has 70 valence electrons. The van der Waals surface area contributed by atoms with Crippen LogP contribution in [0.1, 0.15) is 40.0 Å². The largest absolute Gasteiger partial charge is 0.390 e. The summed E-state index contributed by atoms with van der Waals surface area (Å²) in [6, 6.07) is 0. The first-order valence-electron chi connectivity index (χ1n) is 5.27. The number of aliphatic hydroxyl groups is 1. The van der Waals surface area contributed by atoms with Gasteiger partial charge in [0.2, 0.25) is 0 Å². The van der Waals surface area contributed by atoms with Gasteiger partial charge in [-0.25, -0.2) is 0 Å². The molecule has 2 aliphatic carbocycles. The smallest absolute Gasteiger partial charge is 0.0683 e. The molecular formula is C11H20O. The first kappa shape index (κ1) is 8.55. The standard InChI is InChI=1S/C11H20O/c1-7(2)6-9-8(3)10(9)11(12)4-5-11/h7-10,12H,4-6H2,1-3H3. The second-order valence-electron chi connectivity index (χ2n) is 5.28. The van der Waals surface area contributed by atoms with Gasteiger partial charge in [0, 0.05) is 0 Å². The highest BCUT2D eigenvalue weighted by atomic mass is 16.3. The molecule has 2 saturated carbocycles. The molecule has 0 radical (unpaired) electrons. The fraction of sp³-hybridized carbons (Fsp3) is 1.00. The van der Waals surface area contributed by atoms with Crippen LogP contribution in [0.25, 0.3) is 0 Å². The Morgan fingerprint density at radius 2 is 2.00 bits per heavy atom. The van der Waals surface area contributed by atoms with E-state index >= 15 is 0 Å². The lowest BCUT2D eigenvalue weighted by molar-refractivity contribution is 0.114. The number of rotatable bonds is 3. The summed E-state index contributed by atoms with van der Waals surface area (Å²) in [5.74, 6) is 3.07. The van der Waals surface area contributed by atoms with Crippen molar-refractivity contribution < 1.29 is 5.11 Å². The molecule has 3 unspecified atom stereocenters. The van der Waals surface area contributed by atoms with Gasteiger partial charge < -0.3 is 5.11 Å². The zero-order valence-corrected chi connectivity index (χ0v) is 8.38. The summed E-state index contributed by atoms with van der Waals surface area (Å²) < 4.78 is 0. The van der Waals surface area contributed by atoms with E-state index in [9.17, 15) is 5.11 Å². The van der Waals surface area contributed by atoms with Gasteiger partial charge in [-0.2, -0.15) is 0 Å². The molecule has 3 atom stereocenters. The van der Waals surface area contributed by atoms with Crippen molar-refractivity contribution in [3.8, 4) is 0 Å². The maximum absolute atomic E-state index is 9.92. The number of hydrogen-bond donors (Lipinski definition) is 1. The molecule has 0 aromatic rings. The zero-order chi connectivity index (χ0) is 8.93. The highest BCUT2D eigenvalue weighted by molar-refractivity contribution is 5.12. The van der Waals surface area contributed by atoms with Crippen LogP contribution in [0.3, 0.4) is 0 Å². The molecular weight excluding hydrogens is 148 g/mol. The molecule has 0 aliphatic heterocycles. The van der Waals surface area contributed by atoms with Crippen LogP contribution >= 0.6 is 0 Å². The molecule has 0 aromatic carbocycles. The van der Waals surface area contributed by atoms with E-state index in [2.05, 4.69) is 20.8 Å². The second-order valence-corrected chi connectivity index (χ2v) is 5.28. The Balaban J connectivity index is 1.88. The van der Waals surface area contributed by atoms with E-state index in [1.165, 1.54) is 6.42 Å². The third-order valence-electron chi connectivity index (χ3n) is 3.69. The van der Waals surface area contributed by atoms with E-state index in [1.54, 1.807) is 0 Å². The molecule has 2 fully saturated rings. The highest BCUT2D eigenvalue weighted by Crippen LogP contribution is 2.62. The van der Waals surface area contributed by atoms with Crippen LogP contribution in [0.5, 0.6) is 0 Å². The van der Waals surface area contributed by atoms with Crippen LogP contribution in [-0.4, -0.2) is 10.7 Å². The van der Waals surface area contributed by atoms with Gasteiger partial charge in [0.05, 0.1) is 5.60 Å². The quantitative estimate of drug-likeness (QED) is 0.686. The molecule has 1 nitrogen and oxygen atoms in total. The lowest BCUT2D eigenvalue weighted by Crippen LogP contribution is -2.12. The topological polar surface area (TPSA) is 20.2 Å². The monoisotopic (exact) mass is 168 g/mol. The van der Waals surface area contributed by atoms with Crippen molar-refractivity contribution in [1.29, 1.82) is 0 Å². The zero-order valence-electron chi connectivity index (χ0n) is 8.38. The summed E-state index contributed by atoms with van der Waals surface area (Å²) in [6.07, 6.45) is 3.45. The summed E-state index contributed by atoms with van der Waals surface area (Å²) in [7, 11) is 0. The molecule has 12 heavy (non-hydrogen) atoms. The molecule has 0 amide bonds. The minimum Gasteiger partial charge on any atom is -0.390 e. The van der Waals surface area contributed by atoms with Gasteiger partial charge in [0.15, 0.2) is 0 Å². The third kappa shape index (κ3) is 1.28. The molecule has 2 aliphatic rings. The highest BCUT2D eigenvalue weighted by Gasteiger charge is 2.62. The first-order valence-corrected chi connectivity index (χ1v) is 5.27. The van der Waals surface area contributed by atoms with Crippen molar-refractivity contribution in [2.45, 2.75) is 45.6 Å². The second kappa shape index (κ2) is 2.47. The van der Waals surface area contributed by atoms with Crippen LogP contribution in [0, 0.1) is 23.7 Å². The van der Waals surface area contributed by atoms with E-state index < -0.39 is 0 Å². The van der Waals surface area contributed by atoms with E-state index in [0.29, 0.717) is 5.92 Å². The Kier molecular flexibility index (Phi) is 1.76. The first-order chi connectivity index (χ1) is 5.54. The maximum Gasteiger partial charge on any atom is 0.0683 e. The van der Waals surface area contributed by atoms with Gasteiger partial charge in [-0.15, -0.1) is 0 Å². The number of hydrogen-bond acceptors (Lipinski definition) is 1. The van der Waals surface area contributed by atoms with Gasteiger partial charge in [-0.3, -0.25) is 0 Å². The molecule has 0 saturated heterocycles.